The largest absolute Gasteiger partial charge is 0.545 e. The molecular formula is C25H17F3O2S. The molecule has 0 aromatic heterocycles. The molecule has 156 valence electrons. The van der Waals surface area contributed by atoms with Gasteiger partial charge in [0.05, 0.1) is 16.9 Å². The Hall–Kier alpha value is -3.51. The summed E-state index contributed by atoms with van der Waals surface area (Å²) in [5.41, 5.74) is -0.992. The van der Waals surface area contributed by atoms with E-state index in [2.05, 4.69) is 91.0 Å². The van der Waals surface area contributed by atoms with Gasteiger partial charge < -0.3 is 9.90 Å². The summed E-state index contributed by atoms with van der Waals surface area (Å²) in [5.74, 6) is -6.87. The fraction of sp³-hybridized carbons (Fsp3) is 0. The number of carbonyl (C=O) groups is 1. The Morgan fingerprint density at radius 1 is 0.581 bits per heavy atom. The number of halogens is 3. The Morgan fingerprint density at radius 3 is 1.32 bits per heavy atom. The third kappa shape index (κ3) is 5.55. The molecule has 31 heavy (non-hydrogen) atoms. The maximum Gasteiger partial charge on any atom is 0.195 e. The minimum absolute atomic E-state index is 0.0146. The van der Waals surface area contributed by atoms with E-state index in [9.17, 15) is 23.1 Å². The van der Waals surface area contributed by atoms with Crippen molar-refractivity contribution in [3.63, 3.8) is 0 Å². The van der Waals surface area contributed by atoms with Crippen LogP contribution < -0.4 is 5.11 Å². The predicted molar refractivity (Wildman–Crippen MR) is 112 cm³/mol. The number of hydrogen-bond acceptors (Lipinski definition) is 2. The van der Waals surface area contributed by atoms with Gasteiger partial charge in [0.2, 0.25) is 0 Å². The van der Waals surface area contributed by atoms with Crippen LogP contribution in [0.4, 0.5) is 13.2 Å². The first-order valence-corrected chi connectivity index (χ1v) is 10.5. The van der Waals surface area contributed by atoms with E-state index >= 15 is 0 Å². The lowest BCUT2D eigenvalue weighted by Gasteiger charge is -2.07. The molecule has 0 fully saturated rings. The van der Waals surface area contributed by atoms with Gasteiger partial charge in [-0.15, -0.1) is 0 Å². The zero-order valence-corrected chi connectivity index (χ0v) is 17.0. The van der Waals surface area contributed by atoms with Crippen LogP contribution in [0.5, 0.6) is 0 Å². The lowest BCUT2D eigenvalue weighted by atomic mass is 10.2. The SMILES string of the molecule is O=C([O-])c1ccc(F)c(F)c1F.c1ccc([S+](c2ccccc2)c2ccccc2)cc1. The monoisotopic (exact) mass is 438 g/mol. The highest BCUT2D eigenvalue weighted by Crippen LogP contribution is 2.30. The second-order valence-corrected chi connectivity index (χ2v) is 8.28. The second kappa shape index (κ2) is 10.5. The predicted octanol–water partition coefficient (Wildman–Crippen LogP) is 5.25. The molecule has 0 N–H and O–H groups in total. The lowest BCUT2D eigenvalue weighted by molar-refractivity contribution is -0.255. The fourth-order valence-electron chi connectivity index (χ4n) is 2.76. The quantitative estimate of drug-likeness (QED) is 0.323. The Kier molecular flexibility index (Phi) is 7.51. The number of carbonyl (C=O) groups excluding carboxylic acids is 1. The van der Waals surface area contributed by atoms with Crippen LogP contribution in [-0.4, -0.2) is 5.97 Å². The molecule has 4 aromatic carbocycles. The van der Waals surface area contributed by atoms with Gasteiger partial charge in [0.1, 0.15) is 0 Å². The topological polar surface area (TPSA) is 40.1 Å². The van der Waals surface area contributed by atoms with Gasteiger partial charge in [-0.1, -0.05) is 54.6 Å². The molecular weight excluding hydrogens is 421 g/mol. The maximum absolute atomic E-state index is 12.5. The Labute approximate surface area is 181 Å². The van der Waals surface area contributed by atoms with Crippen LogP contribution in [0.3, 0.4) is 0 Å². The highest BCUT2D eigenvalue weighted by Gasteiger charge is 2.27. The van der Waals surface area contributed by atoms with Crippen LogP contribution in [0.15, 0.2) is 118 Å². The lowest BCUT2D eigenvalue weighted by Crippen LogP contribution is -2.24. The van der Waals surface area contributed by atoms with E-state index in [0.717, 1.165) is 0 Å². The summed E-state index contributed by atoms with van der Waals surface area (Å²) < 4.78 is 37.0. The molecule has 0 saturated heterocycles. The first kappa shape index (κ1) is 22.2. The van der Waals surface area contributed by atoms with Gasteiger partial charge >= 0.3 is 0 Å². The molecule has 0 heterocycles. The maximum atomic E-state index is 12.5. The first-order valence-electron chi connectivity index (χ1n) is 9.23. The van der Waals surface area contributed by atoms with Crippen molar-refractivity contribution in [2.24, 2.45) is 0 Å². The van der Waals surface area contributed by atoms with Crippen LogP contribution in [-0.2, 0) is 10.9 Å². The van der Waals surface area contributed by atoms with Crippen LogP contribution in [0.1, 0.15) is 10.4 Å². The Morgan fingerprint density at radius 2 is 0.968 bits per heavy atom. The van der Waals surface area contributed by atoms with E-state index < -0.39 is 29.0 Å². The van der Waals surface area contributed by atoms with Crippen molar-refractivity contribution in [3.8, 4) is 0 Å². The molecule has 0 aliphatic rings. The number of carboxylic acids is 1. The summed E-state index contributed by atoms with van der Waals surface area (Å²) in [5, 5.41) is 10.0. The highest BCUT2D eigenvalue weighted by atomic mass is 32.2. The van der Waals surface area contributed by atoms with Crippen molar-refractivity contribution in [3.05, 3.63) is 126 Å². The molecule has 0 aliphatic heterocycles. The molecule has 4 aromatic rings. The molecule has 0 amide bonds. The average Bonchev–Trinajstić information content (AvgIpc) is 2.80. The second-order valence-electron chi connectivity index (χ2n) is 6.26. The van der Waals surface area contributed by atoms with Crippen molar-refractivity contribution in [2.75, 3.05) is 0 Å². The van der Waals surface area contributed by atoms with Crippen LogP contribution in [0.2, 0.25) is 0 Å². The summed E-state index contributed by atoms with van der Waals surface area (Å²) in [6.07, 6.45) is 0. The van der Waals surface area contributed by atoms with Gasteiger partial charge in [0.15, 0.2) is 32.1 Å². The van der Waals surface area contributed by atoms with Gasteiger partial charge in [-0.2, -0.15) is 0 Å². The van der Waals surface area contributed by atoms with Crippen LogP contribution in [0, 0.1) is 17.5 Å². The number of hydrogen-bond donors (Lipinski definition) is 0. The van der Waals surface area contributed by atoms with Gasteiger partial charge in [-0.25, -0.2) is 13.2 Å². The zero-order chi connectivity index (χ0) is 22.2. The van der Waals surface area contributed by atoms with Crippen molar-refractivity contribution in [1.29, 1.82) is 0 Å². The molecule has 6 heteroatoms. The van der Waals surface area contributed by atoms with Gasteiger partial charge in [0.25, 0.3) is 0 Å². The highest BCUT2D eigenvalue weighted by molar-refractivity contribution is 7.97. The van der Waals surface area contributed by atoms with E-state index in [0.29, 0.717) is 12.1 Å². The average molecular weight is 438 g/mol. The van der Waals surface area contributed by atoms with Gasteiger partial charge in [-0.05, 0) is 48.5 Å². The molecule has 0 aliphatic carbocycles. The van der Waals surface area contributed by atoms with Crippen molar-refractivity contribution >= 4 is 16.9 Å². The molecule has 0 unspecified atom stereocenters. The van der Waals surface area contributed by atoms with Crippen LogP contribution in [0.25, 0.3) is 0 Å². The van der Waals surface area contributed by atoms with Gasteiger partial charge in [-0.3, -0.25) is 0 Å². The third-order valence-electron chi connectivity index (χ3n) is 4.19. The summed E-state index contributed by atoms with van der Waals surface area (Å²) in [7, 11) is -0.0146. The molecule has 0 spiro atoms. The Balaban J connectivity index is 0.000000196. The fourth-order valence-corrected chi connectivity index (χ4v) is 4.87. The molecule has 0 radical (unpaired) electrons. The Bertz CT molecular complexity index is 1040. The number of carboxylic acid groups (broad SMARTS) is 1. The van der Waals surface area contributed by atoms with E-state index in [1.165, 1.54) is 14.7 Å². The van der Waals surface area contributed by atoms with Gasteiger partial charge in [0, 0.05) is 5.56 Å². The normalized spacial score (nSPS) is 10.3. The van der Waals surface area contributed by atoms with Crippen molar-refractivity contribution in [1.82, 2.24) is 0 Å². The minimum atomic E-state index is -1.88. The standard InChI is InChI=1S/C18H15S.C7H3F3O2/c1-4-10-16(11-5-1)19(17-12-6-2-7-13-17)18-14-8-3-9-15-18;8-4-2-1-3(7(11)12)5(9)6(4)10/h1-15H;1-2H,(H,11,12)/q+1;/p-1. The minimum Gasteiger partial charge on any atom is -0.545 e. The summed E-state index contributed by atoms with van der Waals surface area (Å²) >= 11 is 0. The van der Waals surface area contributed by atoms with E-state index in [1.807, 2.05) is 0 Å². The number of aromatic carboxylic acids is 1. The third-order valence-corrected chi connectivity index (χ3v) is 6.42. The summed E-state index contributed by atoms with van der Waals surface area (Å²) in [6.45, 7) is 0. The van der Waals surface area contributed by atoms with E-state index in [4.69, 9.17) is 0 Å². The molecule has 2 nitrogen and oxygen atoms in total. The smallest absolute Gasteiger partial charge is 0.195 e. The molecule has 0 saturated carbocycles. The summed E-state index contributed by atoms with van der Waals surface area (Å²) in [4.78, 5) is 14.1. The van der Waals surface area contributed by atoms with Crippen molar-refractivity contribution < 1.29 is 23.1 Å². The van der Waals surface area contributed by atoms with E-state index in [1.54, 1.807) is 0 Å². The van der Waals surface area contributed by atoms with Crippen molar-refractivity contribution in [2.45, 2.75) is 14.7 Å². The summed E-state index contributed by atoms with van der Waals surface area (Å²) in [6, 6.07) is 33.3. The van der Waals surface area contributed by atoms with Crippen LogP contribution >= 0.6 is 0 Å². The zero-order valence-electron chi connectivity index (χ0n) is 16.2. The van der Waals surface area contributed by atoms with E-state index in [-0.39, 0.29) is 10.9 Å². The number of rotatable bonds is 4. The number of benzene rings is 4. The molecule has 4 rings (SSSR count). The first-order chi connectivity index (χ1) is 15.0. The molecule has 0 atom stereocenters. The molecule has 0 bridgehead atoms.